The molecule has 4 atom stereocenters. The van der Waals surface area contributed by atoms with Crippen LogP contribution in [-0.2, 0) is 9.53 Å². The Bertz CT molecular complexity index is 1380. The summed E-state index contributed by atoms with van der Waals surface area (Å²) in [5.41, 5.74) is 1.31. The van der Waals surface area contributed by atoms with Crippen LogP contribution in [0.25, 0.3) is 0 Å². The number of carboxylic acid groups (broad SMARTS) is 1. The third-order valence-electron chi connectivity index (χ3n) is 6.93. The molecule has 1 aliphatic heterocycles. The SMILES string of the molecule is C[C@H](CC(C)(C)C)C(NC(=O)O)C(=O)NC[C@@H]1OC(=O)N(c2ccc(Oc3ccc(Cl)cc3)cc2)[C@H]1c1ccccc1. The van der Waals surface area contributed by atoms with Gasteiger partial charge in [-0.05, 0) is 71.8 Å². The summed E-state index contributed by atoms with van der Waals surface area (Å²) < 4.78 is 11.7. The van der Waals surface area contributed by atoms with E-state index in [2.05, 4.69) is 10.6 Å². The molecule has 1 fully saturated rings. The predicted molar refractivity (Wildman–Crippen MR) is 161 cm³/mol. The van der Waals surface area contributed by atoms with Crippen molar-refractivity contribution in [2.24, 2.45) is 11.3 Å². The van der Waals surface area contributed by atoms with Crippen molar-refractivity contribution in [2.75, 3.05) is 11.4 Å². The van der Waals surface area contributed by atoms with Gasteiger partial charge in [-0.25, -0.2) is 9.59 Å². The molecule has 3 aromatic carbocycles. The first-order valence-corrected chi connectivity index (χ1v) is 14.1. The second-order valence-corrected chi connectivity index (χ2v) is 12.0. The summed E-state index contributed by atoms with van der Waals surface area (Å²) in [5, 5.41) is 15.2. The smallest absolute Gasteiger partial charge is 0.415 e. The molecular weight excluding hydrogens is 558 g/mol. The minimum atomic E-state index is -1.28. The van der Waals surface area contributed by atoms with Crippen molar-refractivity contribution in [2.45, 2.75) is 52.3 Å². The summed E-state index contributed by atoms with van der Waals surface area (Å²) in [6.07, 6.45) is -1.94. The van der Waals surface area contributed by atoms with Gasteiger partial charge in [0.25, 0.3) is 0 Å². The minimum Gasteiger partial charge on any atom is -0.465 e. The van der Waals surface area contributed by atoms with Crippen molar-refractivity contribution in [1.82, 2.24) is 10.6 Å². The molecule has 3 N–H and O–H groups in total. The van der Waals surface area contributed by atoms with Crippen LogP contribution in [0.5, 0.6) is 11.5 Å². The van der Waals surface area contributed by atoms with Gasteiger partial charge in [-0.3, -0.25) is 9.69 Å². The summed E-state index contributed by atoms with van der Waals surface area (Å²) >= 11 is 5.95. The largest absolute Gasteiger partial charge is 0.465 e. The van der Waals surface area contributed by atoms with E-state index in [0.717, 1.165) is 5.56 Å². The number of nitrogens with one attached hydrogen (secondary N) is 2. The highest BCUT2D eigenvalue weighted by molar-refractivity contribution is 6.30. The molecule has 1 aliphatic rings. The molecule has 0 spiro atoms. The number of carbonyl (C=O) groups excluding carboxylic acids is 2. The van der Waals surface area contributed by atoms with E-state index in [1.807, 2.05) is 58.0 Å². The lowest BCUT2D eigenvalue weighted by Gasteiger charge is -2.30. The Hall–Kier alpha value is -4.24. The van der Waals surface area contributed by atoms with Crippen LogP contribution < -0.4 is 20.3 Å². The second-order valence-electron chi connectivity index (χ2n) is 11.6. The van der Waals surface area contributed by atoms with Gasteiger partial charge in [-0.1, -0.05) is 69.6 Å². The van der Waals surface area contributed by atoms with Crippen molar-refractivity contribution in [3.63, 3.8) is 0 Å². The third-order valence-corrected chi connectivity index (χ3v) is 7.18. The highest BCUT2D eigenvalue weighted by Crippen LogP contribution is 2.38. The zero-order valence-corrected chi connectivity index (χ0v) is 24.8. The van der Waals surface area contributed by atoms with E-state index in [1.54, 1.807) is 53.4 Å². The molecule has 3 aromatic rings. The van der Waals surface area contributed by atoms with Crippen molar-refractivity contribution < 1.29 is 29.0 Å². The molecule has 0 aliphatic carbocycles. The number of anilines is 1. The molecule has 1 unspecified atom stereocenters. The Morgan fingerprint density at radius 2 is 1.60 bits per heavy atom. The van der Waals surface area contributed by atoms with E-state index < -0.39 is 36.3 Å². The number of ether oxygens (including phenoxy) is 2. The van der Waals surface area contributed by atoms with Gasteiger partial charge < -0.3 is 25.2 Å². The van der Waals surface area contributed by atoms with Gasteiger partial charge >= 0.3 is 12.2 Å². The molecule has 0 saturated carbocycles. The van der Waals surface area contributed by atoms with E-state index in [0.29, 0.717) is 28.6 Å². The fraction of sp³-hybridized carbons (Fsp3) is 0.344. The van der Waals surface area contributed by atoms with Crippen LogP contribution in [0.1, 0.15) is 45.7 Å². The predicted octanol–water partition coefficient (Wildman–Crippen LogP) is 7.02. The second kappa shape index (κ2) is 13.2. The quantitative estimate of drug-likeness (QED) is 0.232. The maximum Gasteiger partial charge on any atom is 0.415 e. The summed E-state index contributed by atoms with van der Waals surface area (Å²) in [5.74, 6) is 0.467. The van der Waals surface area contributed by atoms with Crippen LogP contribution in [0.4, 0.5) is 15.3 Å². The Labute approximate surface area is 250 Å². The zero-order valence-electron chi connectivity index (χ0n) is 24.0. The zero-order chi connectivity index (χ0) is 30.4. The number of cyclic esters (lactones) is 1. The van der Waals surface area contributed by atoms with Gasteiger partial charge in [-0.15, -0.1) is 0 Å². The van der Waals surface area contributed by atoms with Gasteiger partial charge in [0, 0.05) is 10.7 Å². The lowest BCUT2D eigenvalue weighted by molar-refractivity contribution is -0.124. The molecule has 222 valence electrons. The fourth-order valence-corrected chi connectivity index (χ4v) is 5.40. The van der Waals surface area contributed by atoms with Crippen molar-refractivity contribution in [3.8, 4) is 11.5 Å². The molecular formula is C32H36ClN3O6. The fourth-order valence-electron chi connectivity index (χ4n) is 5.27. The minimum absolute atomic E-state index is 0.00155. The number of hydrogen-bond donors (Lipinski definition) is 3. The number of nitrogens with zero attached hydrogens (tertiary/aromatic N) is 1. The highest BCUT2D eigenvalue weighted by Gasteiger charge is 2.44. The summed E-state index contributed by atoms with van der Waals surface area (Å²) in [6, 6.07) is 22.0. The lowest BCUT2D eigenvalue weighted by atomic mass is 9.82. The number of hydrogen-bond acceptors (Lipinski definition) is 5. The standard InChI is InChI=1S/C32H36ClN3O6/c1-20(18-32(2,3)4)27(35-30(38)39)29(37)34-19-26-28(21-8-6-5-7-9-21)36(31(40)42-26)23-12-16-25(17-13-23)41-24-14-10-22(33)11-15-24/h5-17,20,26-28,35H,18-19H2,1-4H3,(H,34,37)(H,38,39)/t20-,26+,27?,28+/m1/s1. The van der Waals surface area contributed by atoms with E-state index in [-0.39, 0.29) is 17.9 Å². The van der Waals surface area contributed by atoms with Crippen molar-refractivity contribution >= 4 is 35.4 Å². The van der Waals surface area contributed by atoms with Gasteiger partial charge in [0.2, 0.25) is 5.91 Å². The molecule has 0 aromatic heterocycles. The first-order chi connectivity index (χ1) is 19.9. The summed E-state index contributed by atoms with van der Waals surface area (Å²) in [4.78, 5) is 39.5. The van der Waals surface area contributed by atoms with E-state index >= 15 is 0 Å². The van der Waals surface area contributed by atoms with E-state index in [1.165, 1.54) is 0 Å². The molecule has 0 radical (unpaired) electrons. The van der Waals surface area contributed by atoms with Crippen LogP contribution in [0, 0.1) is 11.3 Å². The molecule has 3 amide bonds. The molecule has 0 bridgehead atoms. The summed E-state index contributed by atoms with van der Waals surface area (Å²) in [7, 11) is 0. The van der Waals surface area contributed by atoms with E-state index in [4.69, 9.17) is 21.1 Å². The van der Waals surface area contributed by atoms with Crippen LogP contribution in [-0.4, -0.2) is 41.9 Å². The number of carbonyl (C=O) groups is 3. The van der Waals surface area contributed by atoms with Crippen LogP contribution >= 0.6 is 11.6 Å². The molecule has 1 saturated heterocycles. The maximum absolute atomic E-state index is 13.2. The lowest BCUT2D eigenvalue weighted by Crippen LogP contribution is -2.52. The Balaban J connectivity index is 1.53. The average Bonchev–Trinajstić information content (AvgIpc) is 3.27. The van der Waals surface area contributed by atoms with Gasteiger partial charge in [0.15, 0.2) is 0 Å². The van der Waals surface area contributed by atoms with Gasteiger partial charge in [0.05, 0.1) is 6.54 Å². The highest BCUT2D eigenvalue weighted by atomic mass is 35.5. The molecule has 42 heavy (non-hydrogen) atoms. The van der Waals surface area contributed by atoms with E-state index in [9.17, 15) is 19.5 Å². The maximum atomic E-state index is 13.2. The van der Waals surface area contributed by atoms with Crippen LogP contribution in [0.15, 0.2) is 78.9 Å². The Morgan fingerprint density at radius 1 is 1.00 bits per heavy atom. The first kappa shape index (κ1) is 30.7. The third kappa shape index (κ3) is 7.94. The molecule has 10 heteroatoms. The monoisotopic (exact) mass is 593 g/mol. The number of benzene rings is 3. The van der Waals surface area contributed by atoms with Gasteiger partial charge in [-0.2, -0.15) is 0 Å². The molecule has 4 rings (SSSR count). The number of halogens is 1. The average molecular weight is 594 g/mol. The van der Waals surface area contributed by atoms with Crippen LogP contribution in [0.2, 0.25) is 5.02 Å². The normalized spacial score (nSPS) is 18.1. The number of rotatable bonds is 10. The summed E-state index contributed by atoms with van der Waals surface area (Å²) in [6.45, 7) is 7.94. The molecule has 1 heterocycles. The van der Waals surface area contributed by atoms with Gasteiger partial charge in [0.1, 0.15) is 29.7 Å². The van der Waals surface area contributed by atoms with Crippen molar-refractivity contribution in [1.29, 1.82) is 0 Å². The van der Waals surface area contributed by atoms with Crippen molar-refractivity contribution in [3.05, 3.63) is 89.4 Å². The Morgan fingerprint density at radius 3 is 2.17 bits per heavy atom. The number of amides is 3. The topological polar surface area (TPSA) is 117 Å². The van der Waals surface area contributed by atoms with Crippen LogP contribution in [0.3, 0.4) is 0 Å². The molecule has 9 nitrogen and oxygen atoms in total. The Kier molecular flexibility index (Phi) is 9.63. The first-order valence-electron chi connectivity index (χ1n) is 13.8.